The smallest absolute Gasteiger partial charge is 0.435 e. The Balaban J connectivity index is 1.61. The Morgan fingerprint density at radius 2 is 1.70 bits per heavy atom. The molecule has 2 saturated heterocycles. The molecule has 47 heavy (non-hydrogen) atoms. The van der Waals surface area contributed by atoms with Crippen LogP contribution >= 0.6 is 0 Å². The topological polar surface area (TPSA) is 183 Å². The fourth-order valence-electron chi connectivity index (χ4n) is 4.98. The number of rotatable bonds is 12. The zero-order chi connectivity index (χ0) is 34.8. The van der Waals surface area contributed by atoms with Crippen LogP contribution in [0.3, 0.4) is 0 Å². The van der Waals surface area contributed by atoms with Crippen LogP contribution in [-0.2, 0) is 30.2 Å². The summed E-state index contributed by atoms with van der Waals surface area (Å²) in [6.07, 6.45) is -2.10. The first-order chi connectivity index (χ1) is 22.0. The van der Waals surface area contributed by atoms with E-state index < -0.39 is 53.6 Å². The third kappa shape index (κ3) is 12.9. The summed E-state index contributed by atoms with van der Waals surface area (Å²) >= 11 is 0. The maximum atomic E-state index is 13.0. The third-order valence-corrected chi connectivity index (χ3v) is 7.14. The summed E-state index contributed by atoms with van der Waals surface area (Å²) in [4.78, 5) is 57.7. The number of aliphatic imine (C=N–C) groups is 1. The normalized spacial score (nSPS) is 19.0. The van der Waals surface area contributed by atoms with Crippen LogP contribution in [0.4, 0.5) is 14.4 Å². The van der Waals surface area contributed by atoms with Gasteiger partial charge in [-0.05, 0) is 65.7 Å². The fraction of sp³-hybridized carbons (Fsp3) is 0.656. The summed E-state index contributed by atoms with van der Waals surface area (Å²) in [5.74, 6) is -0.110. The van der Waals surface area contributed by atoms with Crippen molar-refractivity contribution >= 4 is 30.1 Å². The van der Waals surface area contributed by atoms with E-state index in [9.17, 15) is 19.2 Å². The molecule has 0 saturated carbocycles. The van der Waals surface area contributed by atoms with Crippen LogP contribution in [0.25, 0.3) is 0 Å². The third-order valence-electron chi connectivity index (χ3n) is 7.14. The lowest BCUT2D eigenvalue weighted by molar-refractivity contribution is -0.143. The van der Waals surface area contributed by atoms with Crippen LogP contribution in [-0.4, -0.2) is 122 Å². The summed E-state index contributed by atoms with van der Waals surface area (Å²) < 4.78 is 26.9. The van der Waals surface area contributed by atoms with Gasteiger partial charge in [0, 0.05) is 39.1 Å². The number of amidine groups is 1. The number of nitrogens with one attached hydrogen (secondary N) is 2. The van der Waals surface area contributed by atoms with E-state index in [1.54, 1.807) is 65.8 Å². The SMILES string of the molecule is COC(=O)C(Cc1ccc(OCC2CN(C(CCN3CCNCC3)C(N)=NC(=O)OC(C)(C)C)C(=O)O2)cc1)NC(=O)OC(C)(C)C. The van der Waals surface area contributed by atoms with Gasteiger partial charge in [0.05, 0.1) is 19.7 Å². The van der Waals surface area contributed by atoms with E-state index in [0.717, 1.165) is 31.7 Å². The minimum absolute atomic E-state index is 0.0186. The molecule has 2 aliphatic heterocycles. The highest BCUT2D eigenvalue weighted by molar-refractivity contribution is 5.96. The molecule has 3 unspecified atom stereocenters. The molecule has 1 aromatic rings. The maximum Gasteiger partial charge on any atom is 0.435 e. The molecule has 0 aliphatic carbocycles. The number of piperazine rings is 1. The quantitative estimate of drug-likeness (QED) is 0.129. The minimum Gasteiger partial charge on any atom is -0.490 e. The molecule has 0 radical (unpaired) electrons. The number of benzene rings is 1. The molecule has 15 nitrogen and oxygen atoms in total. The van der Waals surface area contributed by atoms with Crippen LogP contribution < -0.4 is 21.1 Å². The summed E-state index contributed by atoms with van der Waals surface area (Å²) in [6.45, 7) is 14.7. The molecular formula is C32H50N6O9. The van der Waals surface area contributed by atoms with Gasteiger partial charge in [0.15, 0.2) is 6.10 Å². The Morgan fingerprint density at radius 1 is 1.06 bits per heavy atom. The first kappa shape index (κ1) is 37.3. The average Bonchev–Trinajstić information content (AvgIpc) is 3.34. The lowest BCUT2D eigenvalue weighted by atomic mass is 10.1. The summed E-state index contributed by atoms with van der Waals surface area (Å²) in [5.41, 5.74) is 5.59. The number of methoxy groups -OCH3 is 1. The van der Waals surface area contributed by atoms with Crippen molar-refractivity contribution in [1.29, 1.82) is 0 Å². The van der Waals surface area contributed by atoms with Crippen molar-refractivity contribution in [2.75, 3.05) is 53.0 Å². The molecular weight excluding hydrogens is 612 g/mol. The number of alkyl carbamates (subject to hydrolysis) is 1. The van der Waals surface area contributed by atoms with Gasteiger partial charge in [0.2, 0.25) is 0 Å². The van der Waals surface area contributed by atoms with E-state index in [0.29, 0.717) is 18.7 Å². The Hall–Kier alpha value is -4.11. The van der Waals surface area contributed by atoms with E-state index in [-0.39, 0.29) is 25.4 Å². The van der Waals surface area contributed by atoms with Crippen molar-refractivity contribution in [3.05, 3.63) is 29.8 Å². The molecule has 2 heterocycles. The molecule has 0 aromatic heterocycles. The number of ether oxygens (including phenoxy) is 5. The maximum absolute atomic E-state index is 13.0. The van der Waals surface area contributed by atoms with Gasteiger partial charge in [-0.2, -0.15) is 4.99 Å². The minimum atomic E-state index is -0.948. The highest BCUT2D eigenvalue weighted by Crippen LogP contribution is 2.21. The summed E-state index contributed by atoms with van der Waals surface area (Å²) in [6, 6.07) is 5.33. The average molecular weight is 663 g/mol. The van der Waals surface area contributed by atoms with Crippen molar-refractivity contribution < 1.29 is 42.9 Å². The second-order valence-corrected chi connectivity index (χ2v) is 13.5. The zero-order valence-corrected chi connectivity index (χ0v) is 28.5. The number of hydrogen-bond acceptors (Lipinski definition) is 11. The first-order valence-corrected chi connectivity index (χ1v) is 15.8. The largest absolute Gasteiger partial charge is 0.490 e. The fourth-order valence-corrected chi connectivity index (χ4v) is 4.98. The Bertz CT molecular complexity index is 1250. The number of nitrogens with two attached hydrogens (primary N) is 1. The van der Waals surface area contributed by atoms with E-state index >= 15 is 0 Å². The number of esters is 1. The highest BCUT2D eigenvalue weighted by Gasteiger charge is 2.39. The predicted molar refractivity (Wildman–Crippen MR) is 173 cm³/mol. The van der Waals surface area contributed by atoms with Crippen molar-refractivity contribution in [2.45, 2.75) is 83.8 Å². The van der Waals surface area contributed by atoms with Gasteiger partial charge in [0.25, 0.3) is 0 Å². The molecule has 2 fully saturated rings. The summed E-state index contributed by atoms with van der Waals surface area (Å²) in [7, 11) is 1.25. The van der Waals surface area contributed by atoms with Crippen LogP contribution in [0.15, 0.2) is 29.3 Å². The number of cyclic esters (lactones) is 1. The molecule has 2 aliphatic rings. The Labute approximate surface area is 276 Å². The molecule has 0 spiro atoms. The van der Waals surface area contributed by atoms with Crippen LogP contribution in [0.1, 0.15) is 53.5 Å². The molecule has 0 bridgehead atoms. The molecule has 1 aromatic carbocycles. The number of nitrogens with zero attached hydrogens (tertiary/aromatic N) is 3. The molecule has 3 amide bonds. The lowest BCUT2D eigenvalue weighted by Crippen LogP contribution is -2.50. The van der Waals surface area contributed by atoms with Crippen molar-refractivity contribution in [3.8, 4) is 5.75 Å². The predicted octanol–water partition coefficient (Wildman–Crippen LogP) is 2.45. The van der Waals surface area contributed by atoms with E-state index in [1.165, 1.54) is 12.0 Å². The Morgan fingerprint density at radius 3 is 2.30 bits per heavy atom. The summed E-state index contributed by atoms with van der Waals surface area (Å²) in [5, 5.41) is 5.87. The molecule has 3 rings (SSSR count). The number of amides is 3. The monoisotopic (exact) mass is 662 g/mol. The Kier molecular flexibility index (Phi) is 13.2. The second kappa shape index (κ2) is 16.6. The van der Waals surface area contributed by atoms with Gasteiger partial charge in [-0.15, -0.1) is 0 Å². The first-order valence-electron chi connectivity index (χ1n) is 15.8. The highest BCUT2D eigenvalue weighted by atomic mass is 16.6. The number of carbonyl (C=O) groups excluding carboxylic acids is 4. The molecule has 262 valence electrons. The van der Waals surface area contributed by atoms with E-state index in [1.807, 2.05) is 0 Å². The van der Waals surface area contributed by atoms with Crippen LogP contribution in [0, 0.1) is 0 Å². The second-order valence-electron chi connectivity index (χ2n) is 13.5. The van der Waals surface area contributed by atoms with Gasteiger partial charge in [-0.3, -0.25) is 4.90 Å². The van der Waals surface area contributed by atoms with Crippen molar-refractivity contribution in [3.63, 3.8) is 0 Å². The van der Waals surface area contributed by atoms with Crippen LogP contribution in [0.2, 0.25) is 0 Å². The lowest BCUT2D eigenvalue weighted by Gasteiger charge is -2.31. The van der Waals surface area contributed by atoms with Crippen LogP contribution in [0.5, 0.6) is 5.75 Å². The van der Waals surface area contributed by atoms with Gasteiger partial charge in [-0.25, -0.2) is 19.2 Å². The number of hydrogen-bond donors (Lipinski definition) is 3. The van der Waals surface area contributed by atoms with Gasteiger partial charge >= 0.3 is 24.2 Å². The standard InChI is InChI=1S/C32H50N6O9/c1-31(2,3)46-28(40)35-24(27(39)43-7)18-21-8-10-22(11-9-21)44-20-23-19-38(30(42)45-23)25(12-15-37-16-13-34-14-17-37)26(33)36-29(41)47-32(4,5)6/h8-11,23-25,34H,12-20H2,1-7H3,(H,35,40)(H2,33,36,41). The van der Waals surface area contributed by atoms with E-state index in [4.69, 9.17) is 29.4 Å². The van der Waals surface area contributed by atoms with E-state index in [2.05, 4.69) is 20.5 Å². The molecule has 4 N–H and O–H groups in total. The zero-order valence-electron chi connectivity index (χ0n) is 28.5. The van der Waals surface area contributed by atoms with Crippen molar-refractivity contribution in [1.82, 2.24) is 20.4 Å². The van der Waals surface area contributed by atoms with Gasteiger partial charge in [-0.1, -0.05) is 12.1 Å². The number of carbonyl (C=O) groups is 4. The molecule has 15 heteroatoms. The molecule has 3 atom stereocenters. The van der Waals surface area contributed by atoms with Gasteiger partial charge in [0.1, 0.15) is 35.4 Å². The van der Waals surface area contributed by atoms with Crippen molar-refractivity contribution in [2.24, 2.45) is 10.7 Å². The van der Waals surface area contributed by atoms with Gasteiger partial charge < -0.3 is 45.0 Å².